The van der Waals surface area contributed by atoms with Gasteiger partial charge in [0.15, 0.2) is 6.29 Å². The normalized spacial score (nSPS) is 18.2. The first-order valence-corrected chi connectivity index (χ1v) is 35.5. The number of rotatable bonds is 63. The maximum absolute atomic E-state index is 13.1. The highest BCUT2D eigenvalue weighted by atomic mass is 16.7. The number of allylic oxidation sites excluding steroid dienone is 1. The highest BCUT2D eigenvalue weighted by Gasteiger charge is 2.44. The summed E-state index contributed by atoms with van der Waals surface area (Å²) in [6, 6.07) is -0.806. The SMILES string of the molecule is CCCCCCCCCCCCC/C=C/C(O)C(COC1OC(CO)C(O)C(O)C1O)NC(=O)CCCCCCCCCCCCCCCCCCCCCCCCCCCCCCCOC(=O)CCCCCCCCCCCCC. The van der Waals surface area contributed by atoms with Crippen molar-refractivity contribution in [3.63, 3.8) is 0 Å². The first kappa shape index (κ1) is 77.4. The van der Waals surface area contributed by atoms with Crippen LogP contribution in [0.2, 0.25) is 0 Å². The Kier molecular flexibility index (Phi) is 57.4. The maximum atomic E-state index is 13.1. The van der Waals surface area contributed by atoms with Gasteiger partial charge in [0.05, 0.1) is 32.0 Å². The quantitative estimate of drug-likeness (QED) is 0.0195. The third kappa shape index (κ3) is 49.2. The molecule has 0 aliphatic carbocycles. The molecular formula is C70H135NO10. The van der Waals surface area contributed by atoms with E-state index in [9.17, 15) is 35.1 Å². The fraction of sp³-hybridized carbons (Fsp3) is 0.943. The summed E-state index contributed by atoms with van der Waals surface area (Å²) < 4.78 is 16.7. The maximum Gasteiger partial charge on any atom is 0.305 e. The zero-order chi connectivity index (χ0) is 58.7. The van der Waals surface area contributed by atoms with Crippen LogP contribution in [-0.2, 0) is 23.8 Å². The first-order valence-electron chi connectivity index (χ1n) is 35.5. The molecule has 1 aliphatic rings. The van der Waals surface area contributed by atoms with Crippen LogP contribution < -0.4 is 5.32 Å². The van der Waals surface area contributed by atoms with Crippen LogP contribution in [0.25, 0.3) is 0 Å². The number of carbonyl (C=O) groups excluding carboxylic acids is 2. The molecule has 7 atom stereocenters. The lowest BCUT2D eigenvalue weighted by molar-refractivity contribution is -0.302. The van der Waals surface area contributed by atoms with Crippen molar-refractivity contribution in [2.24, 2.45) is 0 Å². The van der Waals surface area contributed by atoms with Crippen molar-refractivity contribution in [3.05, 3.63) is 12.2 Å². The van der Waals surface area contributed by atoms with E-state index < -0.39 is 49.5 Å². The minimum absolute atomic E-state index is 0.0113. The number of hydrogen-bond acceptors (Lipinski definition) is 10. The van der Waals surface area contributed by atoms with Crippen LogP contribution in [-0.4, -0.2) is 100 Å². The average Bonchev–Trinajstić information content (AvgIpc) is 3.47. The lowest BCUT2D eigenvalue weighted by atomic mass is 9.99. The number of aliphatic hydroxyl groups is 5. The third-order valence-electron chi connectivity index (χ3n) is 17.2. The van der Waals surface area contributed by atoms with Crippen molar-refractivity contribution in [3.8, 4) is 0 Å². The molecule has 0 aromatic rings. The fourth-order valence-corrected chi connectivity index (χ4v) is 11.6. The van der Waals surface area contributed by atoms with Gasteiger partial charge in [-0.15, -0.1) is 0 Å². The molecule has 1 amide bonds. The van der Waals surface area contributed by atoms with E-state index in [1.54, 1.807) is 6.08 Å². The standard InChI is InChI=1S/C70H135NO10/c1-3-5-7-9-11-13-15-33-37-40-44-48-52-56-63(73)62(61-80-70-69(78)68(77)67(76)64(60-72)81-70)71-65(74)57-53-49-45-41-38-34-31-29-27-25-23-21-19-17-16-18-20-22-24-26-28-30-32-35-39-43-47-51-55-59-79-66(75)58-54-50-46-42-36-14-12-10-8-6-4-2/h52,56,62-64,67-70,72-73,76-78H,3-51,53-55,57-61H2,1-2H3,(H,71,74)/b56-52+. The summed E-state index contributed by atoms with van der Waals surface area (Å²) in [6.07, 6.45) is 63.4. The van der Waals surface area contributed by atoms with Gasteiger partial charge >= 0.3 is 5.97 Å². The molecule has 0 saturated carbocycles. The van der Waals surface area contributed by atoms with Gasteiger partial charge in [-0.1, -0.05) is 328 Å². The highest BCUT2D eigenvalue weighted by molar-refractivity contribution is 5.76. The van der Waals surface area contributed by atoms with Crippen molar-refractivity contribution in [1.82, 2.24) is 5.32 Å². The predicted molar refractivity (Wildman–Crippen MR) is 338 cm³/mol. The summed E-state index contributed by atoms with van der Waals surface area (Å²) in [6.45, 7) is 4.38. The van der Waals surface area contributed by atoms with Crippen LogP contribution in [0.15, 0.2) is 12.2 Å². The smallest absolute Gasteiger partial charge is 0.305 e. The molecule has 81 heavy (non-hydrogen) atoms. The molecular weight excluding hydrogens is 1010 g/mol. The molecule has 0 radical (unpaired) electrons. The Labute approximate surface area is 499 Å². The predicted octanol–water partition coefficient (Wildman–Crippen LogP) is 17.9. The first-order chi connectivity index (χ1) is 39.7. The van der Waals surface area contributed by atoms with Gasteiger partial charge in [-0.25, -0.2) is 0 Å². The summed E-state index contributed by atoms with van der Waals surface area (Å²) in [5.74, 6) is -0.164. The molecule has 7 unspecified atom stereocenters. The zero-order valence-electron chi connectivity index (χ0n) is 53.3. The van der Waals surface area contributed by atoms with Crippen molar-refractivity contribution in [2.75, 3.05) is 19.8 Å². The Balaban J connectivity index is 1.96. The van der Waals surface area contributed by atoms with Crippen LogP contribution in [0.1, 0.15) is 361 Å². The molecule has 1 fully saturated rings. The van der Waals surface area contributed by atoms with Gasteiger partial charge < -0.3 is 45.1 Å². The van der Waals surface area contributed by atoms with Gasteiger partial charge in [-0.2, -0.15) is 0 Å². The molecule has 480 valence electrons. The van der Waals surface area contributed by atoms with E-state index in [4.69, 9.17) is 14.2 Å². The second-order valence-corrected chi connectivity index (χ2v) is 25.0. The third-order valence-corrected chi connectivity index (χ3v) is 17.2. The van der Waals surface area contributed by atoms with Gasteiger partial charge in [-0.3, -0.25) is 9.59 Å². The van der Waals surface area contributed by atoms with Crippen molar-refractivity contribution >= 4 is 11.9 Å². The summed E-state index contributed by atoms with van der Waals surface area (Å²) in [7, 11) is 0. The fourth-order valence-electron chi connectivity index (χ4n) is 11.6. The van der Waals surface area contributed by atoms with E-state index in [-0.39, 0.29) is 18.5 Å². The van der Waals surface area contributed by atoms with E-state index in [0.29, 0.717) is 19.4 Å². The van der Waals surface area contributed by atoms with Crippen LogP contribution >= 0.6 is 0 Å². The zero-order valence-corrected chi connectivity index (χ0v) is 53.3. The second kappa shape index (κ2) is 60.1. The summed E-state index contributed by atoms with van der Waals surface area (Å²) in [4.78, 5) is 25.1. The molecule has 0 bridgehead atoms. The monoisotopic (exact) mass is 1150 g/mol. The topological polar surface area (TPSA) is 175 Å². The van der Waals surface area contributed by atoms with E-state index in [0.717, 1.165) is 51.4 Å². The number of nitrogens with one attached hydrogen (secondary N) is 1. The number of amides is 1. The van der Waals surface area contributed by atoms with Gasteiger partial charge in [0.1, 0.15) is 24.4 Å². The second-order valence-electron chi connectivity index (χ2n) is 25.0. The summed E-state index contributed by atoms with van der Waals surface area (Å²) >= 11 is 0. The minimum atomic E-state index is -1.57. The molecule has 1 rings (SSSR count). The highest BCUT2D eigenvalue weighted by Crippen LogP contribution is 2.23. The molecule has 1 saturated heterocycles. The summed E-state index contributed by atoms with van der Waals surface area (Å²) in [5.41, 5.74) is 0. The van der Waals surface area contributed by atoms with Crippen molar-refractivity contribution in [2.45, 2.75) is 403 Å². The molecule has 11 nitrogen and oxygen atoms in total. The number of hydrogen-bond donors (Lipinski definition) is 6. The molecule has 1 heterocycles. The lowest BCUT2D eigenvalue weighted by Crippen LogP contribution is -2.60. The van der Waals surface area contributed by atoms with Gasteiger partial charge in [0.25, 0.3) is 0 Å². The van der Waals surface area contributed by atoms with Crippen molar-refractivity contribution in [1.29, 1.82) is 0 Å². The number of carbonyl (C=O) groups is 2. The van der Waals surface area contributed by atoms with E-state index in [1.807, 2.05) is 6.08 Å². The van der Waals surface area contributed by atoms with Crippen LogP contribution in [0.3, 0.4) is 0 Å². The van der Waals surface area contributed by atoms with E-state index >= 15 is 0 Å². The minimum Gasteiger partial charge on any atom is -0.466 e. The van der Waals surface area contributed by atoms with Gasteiger partial charge in [0, 0.05) is 12.8 Å². The number of esters is 1. The molecule has 0 aromatic heterocycles. The lowest BCUT2D eigenvalue weighted by Gasteiger charge is -2.40. The Hall–Kier alpha value is -1.60. The van der Waals surface area contributed by atoms with E-state index in [1.165, 1.54) is 283 Å². The van der Waals surface area contributed by atoms with Crippen molar-refractivity contribution < 1.29 is 49.3 Å². The van der Waals surface area contributed by atoms with Crippen LogP contribution in [0.5, 0.6) is 0 Å². The number of aliphatic hydroxyl groups excluding tert-OH is 5. The van der Waals surface area contributed by atoms with Crippen LogP contribution in [0.4, 0.5) is 0 Å². The molecule has 0 spiro atoms. The Bertz CT molecular complexity index is 1350. The molecule has 0 aromatic carbocycles. The Morgan fingerprint density at radius 1 is 0.444 bits per heavy atom. The van der Waals surface area contributed by atoms with E-state index in [2.05, 4.69) is 19.2 Å². The number of ether oxygens (including phenoxy) is 3. The van der Waals surface area contributed by atoms with Gasteiger partial charge in [0.2, 0.25) is 5.91 Å². The molecule has 11 heteroatoms. The molecule has 6 N–H and O–H groups in total. The Morgan fingerprint density at radius 3 is 1.15 bits per heavy atom. The molecule has 1 aliphatic heterocycles. The number of unbranched alkanes of at least 4 members (excludes halogenated alkanes) is 49. The largest absolute Gasteiger partial charge is 0.466 e. The van der Waals surface area contributed by atoms with Crippen LogP contribution in [0, 0.1) is 0 Å². The van der Waals surface area contributed by atoms with Gasteiger partial charge in [-0.05, 0) is 32.1 Å². The average molecular weight is 1150 g/mol. The summed E-state index contributed by atoms with van der Waals surface area (Å²) in [5, 5.41) is 54.5. The Morgan fingerprint density at radius 2 is 0.778 bits per heavy atom.